The zero-order chi connectivity index (χ0) is 12.0. The van der Waals surface area contributed by atoms with Crippen LogP contribution in [0.25, 0.3) is 0 Å². The molecule has 0 saturated heterocycles. The molecule has 0 aromatic heterocycles. The van der Waals surface area contributed by atoms with E-state index in [2.05, 4.69) is 0 Å². The van der Waals surface area contributed by atoms with Crippen molar-refractivity contribution in [2.75, 3.05) is 0 Å². The van der Waals surface area contributed by atoms with Gasteiger partial charge in [0.05, 0.1) is 6.10 Å². The molecule has 0 aliphatic heterocycles. The van der Waals surface area contributed by atoms with Gasteiger partial charge in [0.1, 0.15) is 0 Å². The molecule has 0 amide bonds. The molecule has 1 rings (SSSR count). The molecule has 0 aliphatic rings. The quantitative estimate of drug-likeness (QED) is 0.764. The standard InChI is InChI=1S/C12H15F3O/c13-12(14,15)9-5-4-8-11(16)10-6-2-1-3-7-10/h1-3,6-7,11,16H,4-5,8-9H2/t11-/m1/s1. The Hall–Kier alpha value is -1.03. The van der Waals surface area contributed by atoms with Crippen molar-refractivity contribution in [3.8, 4) is 0 Å². The van der Waals surface area contributed by atoms with Crippen LogP contribution in [0.2, 0.25) is 0 Å². The molecule has 16 heavy (non-hydrogen) atoms. The summed E-state index contributed by atoms with van der Waals surface area (Å²) in [6.45, 7) is 0. The van der Waals surface area contributed by atoms with Gasteiger partial charge in [-0.2, -0.15) is 13.2 Å². The van der Waals surface area contributed by atoms with Crippen LogP contribution in [-0.2, 0) is 0 Å². The Labute approximate surface area is 92.9 Å². The number of halogens is 3. The number of aliphatic hydroxyl groups is 1. The van der Waals surface area contributed by atoms with Crippen LogP contribution in [0.1, 0.15) is 37.4 Å². The molecule has 1 nitrogen and oxygen atoms in total. The fourth-order valence-corrected chi connectivity index (χ4v) is 1.50. The normalized spacial score (nSPS) is 13.8. The Morgan fingerprint density at radius 3 is 2.25 bits per heavy atom. The van der Waals surface area contributed by atoms with Crippen LogP contribution in [0.3, 0.4) is 0 Å². The van der Waals surface area contributed by atoms with E-state index in [-0.39, 0.29) is 6.42 Å². The van der Waals surface area contributed by atoms with E-state index in [1.165, 1.54) is 0 Å². The lowest BCUT2D eigenvalue weighted by molar-refractivity contribution is -0.135. The molecule has 0 unspecified atom stereocenters. The molecule has 0 radical (unpaired) electrons. The zero-order valence-electron chi connectivity index (χ0n) is 8.87. The maximum Gasteiger partial charge on any atom is 0.389 e. The Bertz CT molecular complexity index is 295. The van der Waals surface area contributed by atoms with Gasteiger partial charge in [0.15, 0.2) is 0 Å². The minimum absolute atomic E-state index is 0.0768. The fourth-order valence-electron chi connectivity index (χ4n) is 1.50. The summed E-state index contributed by atoms with van der Waals surface area (Å²) in [5.74, 6) is 0. The van der Waals surface area contributed by atoms with Crippen molar-refractivity contribution in [1.29, 1.82) is 0 Å². The second-order valence-electron chi connectivity index (χ2n) is 3.79. The third-order valence-corrected chi connectivity index (χ3v) is 2.37. The minimum Gasteiger partial charge on any atom is -0.388 e. The minimum atomic E-state index is -4.09. The summed E-state index contributed by atoms with van der Waals surface area (Å²) in [6.07, 6.45) is -4.68. The third-order valence-electron chi connectivity index (χ3n) is 2.37. The Balaban J connectivity index is 2.24. The molecular weight excluding hydrogens is 217 g/mol. The number of alkyl halides is 3. The van der Waals surface area contributed by atoms with Gasteiger partial charge in [-0.25, -0.2) is 0 Å². The van der Waals surface area contributed by atoms with Crippen LogP contribution in [0.15, 0.2) is 30.3 Å². The highest BCUT2D eigenvalue weighted by atomic mass is 19.4. The summed E-state index contributed by atoms with van der Waals surface area (Å²) in [6, 6.07) is 8.98. The van der Waals surface area contributed by atoms with Crippen LogP contribution >= 0.6 is 0 Å². The Kier molecular flexibility index (Phi) is 4.80. The van der Waals surface area contributed by atoms with Gasteiger partial charge in [0.25, 0.3) is 0 Å². The highest BCUT2D eigenvalue weighted by Gasteiger charge is 2.25. The summed E-state index contributed by atoms with van der Waals surface area (Å²) in [4.78, 5) is 0. The molecule has 1 N–H and O–H groups in total. The van der Waals surface area contributed by atoms with Crippen molar-refractivity contribution in [2.45, 2.75) is 38.0 Å². The topological polar surface area (TPSA) is 20.2 Å². The molecule has 0 spiro atoms. The van der Waals surface area contributed by atoms with Gasteiger partial charge in [-0.3, -0.25) is 0 Å². The second-order valence-corrected chi connectivity index (χ2v) is 3.79. The van der Waals surface area contributed by atoms with Crippen LogP contribution in [0, 0.1) is 0 Å². The molecule has 0 bridgehead atoms. The first-order chi connectivity index (χ1) is 7.49. The zero-order valence-corrected chi connectivity index (χ0v) is 8.87. The fraction of sp³-hybridized carbons (Fsp3) is 0.500. The van der Waals surface area contributed by atoms with E-state index in [9.17, 15) is 18.3 Å². The second kappa shape index (κ2) is 5.89. The maximum absolute atomic E-state index is 11.8. The van der Waals surface area contributed by atoms with Gasteiger partial charge in [-0.05, 0) is 18.4 Å². The van der Waals surface area contributed by atoms with Gasteiger partial charge < -0.3 is 5.11 Å². The molecule has 1 aromatic carbocycles. The molecule has 0 aliphatic carbocycles. The molecule has 4 heteroatoms. The Morgan fingerprint density at radius 2 is 1.69 bits per heavy atom. The lowest BCUT2D eigenvalue weighted by Gasteiger charge is -2.11. The van der Waals surface area contributed by atoms with Crippen LogP contribution in [0.5, 0.6) is 0 Å². The van der Waals surface area contributed by atoms with E-state index in [0.717, 1.165) is 5.56 Å². The predicted molar refractivity (Wildman–Crippen MR) is 55.9 cm³/mol. The summed E-state index contributed by atoms with van der Waals surface area (Å²) in [5.41, 5.74) is 0.759. The van der Waals surface area contributed by atoms with E-state index in [0.29, 0.717) is 12.8 Å². The van der Waals surface area contributed by atoms with E-state index in [1.807, 2.05) is 6.07 Å². The van der Waals surface area contributed by atoms with Crippen molar-refractivity contribution in [2.24, 2.45) is 0 Å². The molecular formula is C12H15F3O. The lowest BCUT2D eigenvalue weighted by Crippen LogP contribution is -2.07. The average molecular weight is 232 g/mol. The molecule has 90 valence electrons. The average Bonchev–Trinajstić information content (AvgIpc) is 2.24. The number of hydrogen-bond acceptors (Lipinski definition) is 1. The molecule has 0 heterocycles. The van der Waals surface area contributed by atoms with E-state index in [4.69, 9.17) is 0 Å². The SMILES string of the molecule is O[C@H](CCCCC(F)(F)F)c1ccccc1. The maximum atomic E-state index is 11.8. The molecule has 0 saturated carbocycles. The first-order valence-electron chi connectivity index (χ1n) is 5.29. The summed E-state index contributed by atoms with van der Waals surface area (Å²) >= 11 is 0. The highest BCUT2D eigenvalue weighted by Crippen LogP contribution is 2.25. The van der Waals surface area contributed by atoms with Crippen LogP contribution in [-0.4, -0.2) is 11.3 Å². The number of unbranched alkanes of at least 4 members (excludes halogenated alkanes) is 1. The molecule has 1 aromatic rings. The summed E-state index contributed by atoms with van der Waals surface area (Å²) < 4.78 is 35.5. The van der Waals surface area contributed by atoms with Gasteiger partial charge in [-0.15, -0.1) is 0 Å². The first-order valence-corrected chi connectivity index (χ1v) is 5.29. The Morgan fingerprint density at radius 1 is 1.06 bits per heavy atom. The number of benzene rings is 1. The van der Waals surface area contributed by atoms with Gasteiger partial charge in [-0.1, -0.05) is 36.8 Å². The van der Waals surface area contributed by atoms with Crippen LogP contribution in [0.4, 0.5) is 13.2 Å². The van der Waals surface area contributed by atoms with Crippen molar-refractivity contribution in [3.05, 3.63) is 35.9 Å². The van der Waals surface area contributed by atoms with E-state index < -0.39 is 18.7 Å². The van der Waals surface area contributed by atoms with Gasteiger partial charge in [0, 0.05) is 6.42 Å². The number of hydrogen-bond donors (Lipinski definition) is 1. The van der Waals surface area contributed by atoms with E-state index >= 15 is 0 Å². The largest absolute Gasteiger partial charge is 0.389 e. The predicted octanol–water partition coefficient (Wildman–Crippen LogP) is 3.84. The first kappa shape index (κ1) is 13.0. The monoisotopic (exact) mass is 232 g/mol. The van der Waals surface area contributed by atoms with Crippen molar-refractivity contribution < 1.29 is 18.3 Å². The summed E-state index contributed by atoms with van der Waals surface area (Å²) in [5, 5.41) is 9.67. The van der Waals surface area contributed by atoms with Crippen molar-refractivity contribution in [1.82, 2.24) is 0 Å². The third kappa shape index (κ3) is 5.16. The molecule has 0 fully saturated rings. The number of aliphatic hydroxyl groups excluding tert-OH is 1. The van der Waals surface area contributed by atoms with Crippen LogP contribution < -0.4 is 0 Å². The van der Waals surface area contributed by atoms with Crippen molar-refractivity contribution >= 4 is 0 Å². The molecule has 1 atom stereocenters. The van der Waals surface area contributed by atoms with Gasteiger partial charge >= 0.3 is 6.18 Å². The van der Waals surface area contributed by atoms with Gasteiger partial charge in [0.2, 0.25) is 0 Å². The van der Waals surface area contributed by atoms with Crippen molar-refractivity contribution in [3.63, 3.8) is 0 Å². The van der Waals surface area contributed by atoms with E-state index in [1.54, 1.807) is 24.3 Å². The number of rotatable bonds is 5. The highest BCUT2D eigenvalue weighted by molar-refractivity contribution is 5.16. The lowest BCUT2D eigenvalue weighted by atomic mass is 10.0. The summed E-state index contributed by atoms with van der Waals surface area (Å²) in [7, 11) is 0. The smallest absolute Gasteiger partial charge is 0.388 e.